The Bertz CT molecular complexity index is 948. The molecule has 1 aliphatic carbocycles. The van der Waals surface area contributed by atoms with E-state index in [0.29, 0.717) is 12.1 Å². The van der Waals surface area contributed by atoms with Crippen molar-refractivity contribution in [3.8, 4) is 16.9 Å². The SMILES string of the molecule is Cc1c(-c2ccc3c(c2)CCCC3=O)nnn1-c1cccnc1F. The molecule has 0 amide bonds. The van der Waals surface area contributed by atoms with E-state index in [1.807, 2.05) is 25.1 Å². The molecule has 0 atom stereocenters. The van der Waals surface area contributed by atoms with Crippen LogP contribution in [-0.4, -0.2) is 25.8 Å². The van der Waals surface area contributed by atoms with Crippen molar-refractivity contribution in [2.75, 3.05) is 0 Å². The van der Waals surface area contributed by atoms with Crippen molar-refractivity contribution in [2.45, 2.75) is 26.2 Å². The third-order valence-electron chi connectivity index (χ3n) is 4.39. The molecule has 5 nitrogen and oxygen atoms in total. The number of pyridine rings is 1. The highest BCUT2D eigenvalue weighted by Crippen LogP contribution is 2.28. The van der Waals surface area contributed by atoms with Crippen LogP contribution >= 0.6 is 0 Å². The Kier molecular flexibility index (Phi) is 3.45. The summed E-state index contributed by atoms with van der Waals surface area (Å²) in [6, 6.07) is 8.99. The van der Waals surface area contributed by atoms with E-state index in [-0.39, 0.29) is 11.5 Å². The van der Waals surface area contributed by atoms with E-state index >= 15 is 0 Å². The molecule has 0 N–H and O–H groups in total. The van der Waals surface area contributed by atoms with Gasteiger partial charge in [-0.3, -0.25) is 4.79 Å². The van der Waals surface area contributed by atoms with Crippen molar-refractivity contribution in [2.24, 2.45) is 0 Å². The number of Topliss-reactive ketones (excluding diaryl/α,β-unsaturated/α-hetero) is 1. The number of rotatable bonds is 2. The van der Waals surface area contributed by atoms with Crippen LogP contribution in [0.1, 0.15) is 34.5 Å². The highest BCUT2D eigenvalue weighted by Gasteiger charge is 2.20. The number of hydrogen-bond acceptors (Lipinski definition) is 4. The summed E-state index contributed by atoms with van der Waals surface area (Å²) in [4.78, 5) is 15.6. The second-order valence-electron chi connectivity index (χ2n) is 5.90. The summed E-state index contributed by atoms with van der Waals surface area (Å²) >= 11 is 0. The number of carbonyl (C=O) groups excluding carboxylic acids is 1. The third kappa shape index (κ3) is 2.31. The zero-order valence-corrected chi connectivity index (χ0v) is 13.2. The molecule has 0 radical (unpaired) electrons. The molecule has 0 unspecified atom stereocenters. The van der Waals surface area contributed by atoms with Gasteiger partial charge in [0.1, 0.15) is 11.4 Å². The minimum atomic E-state index is -0.590. The second-order valence-corrected chi connectivity index (χ2v) is 5.90. The minimum Gasteiger partial charge on any atom is -0.294 e. The van der Waals surface area contributed by atoms with Crippen LogP contribution in [0.2, 0.25) is 0 Å². The number of halogens is 1. The van der Waals surface area contributed by atoms with E-state index in [1.165, 1.54) is 10.9 Å². The van der Waals surface area contributed by atoms with Crippen molar-refractivity contribution in [1.29, 1.82) is 0 Å². The van der Waals surface area contributed by atoms with Gasteiger partial charge < -0.3 is 0 Å². The predicted molar refractivity (Wildman–Crippen MR) is 86.6 cm³/mol. The van der Waals surface area contributed by atoms with E-state index in [9.17, 15) is 9.18 Å². The van der Waals surface area contributed by atoms with Gasteiger partial charge in [-0.05, 0) is 43.5 Å². The maximum atomic E-state index is 13.9. The van der Waals surface area contributed by atoms with Gasteiger partial charge in [0.25, 0.3) is 0 Å². The molecule has 2 heterocycles. The molecule has 0 fully saturated rings. The van der Waals surface area contributed by atoms with Gasteiger partial charge in [-0.25, -0.2) is 9.67 Å². The van der Waals surface area contributed by atoms with E-state index in [4.69, 9.17) is 0 Å². The highest BCUT2D eigenvalue weighted by molar-refractivity contribution is 5.99. The lowest BCUT2D eigenvalue weighted by atomic mass is 9.89. The number of nitrogens with zero attached hydrogens (tertiary/aromatic N) is 4. The van der Waals surface area contributed by atoms with Gasteiger partial charge in [0, 0.05) is 23.7 Å². The average Bonchev–Trinajstić information content (AvgIpc) is 2.97. The summed E-state index contributed by atoms with van der Waals surface area (Å²) in [6.07, 6.45) is 3.77. The monoisotopic (exact) mass is 322 g/mol. The zero-order chi connectivity index (χ0) is 16.7. The fourth-order valence-electron chi connectivity index (χ4n) is 3.15. The summed E-state index contributed by atoms with van der Waals surface area (Å²) in [5.74, 6) is -0.395. The lowest BCUT2D eigenvalue weighted by Gasteiger charge is -2.15. The highest BCUT2D eigenvalue weighted by atomic mass is 19.1. The van der Waals surface area contributed by atoms with Crippen LogP contribution in [0.25, 0.3) is 16.9 Å². The van der Waals surface area contributed by atoms with Crippen LogP contribution in [0, 0.1) is 12.9 Å². The maximum absolute atomic E-state index is 13.9. The molecule has 120 valence electrons. The Hall–Kier alpha value is -2.89. The predicted octanol–water partition coefficient (Wildman–Crippen LogP) is 3.30. The molecule has 4 rings (SSSR count). The standard InChI is InChI=1S/C18H15FN4O/c1-11-17(21-22-23(11)15-5-3-9-20-18(15)19)13-7-8-14-12(10-13)4-2-6-16(14)24/h3,5,7-10H,2,4,6H2,1H3. The lowest BCUT2D eigenvalue weighted by molar-refractivity contribution is 0.0972. The zero-order valence-electron chi connectivity index (χ0n) is 13.2. The Morgan fingerprint density at radius 2 is 2.08 bits per heavy atom. The summed E-state index contributed by atoms with van der Waals surface area (Å²) in [7, 11) is 0. The third-order valence-corrected chi connectivity index (χ3v) is 4.39. The van der Waals surface area contributed by atoms with Gasteiger partial charge in [0.05, 0.1) is 5.69 Å². The first-order valence-corrected chi connectivity index (χ1v) is 7.85. The molecule has 1 aromatic carbocycles. The van der Waals surface area contributed by atoms with Gasteiger partial charge >= 0.3 is 0 Å². The smallest absolute Gasteiger partial charge is 0.238 e. The first-order valence-electron chi connectivity index (χ1n) is 7.85. The lowest BCUT2D eigenvalue weighted by Crippen LogP contribution is -2.10. The molecule has 1 aliphatic rings. The molecule has 0 saturated carbocycles. The van der Waals surface area contributed by atoms with E-state index < -0.39 is 5.95 Å². The van der Waals surface area contributed by atoms with Crippen LogP contribution in [0.4, 0.5) is 4.39 Å². The first-order chi connectivity index (χ1) is 11.6. The number of ketones is 1. The fraction of sp³-hybridized carbons (Fsp3) is 0.222. The van der Waals surface area contributed by atoms with Crippen molar-refractivity contribution in [1.82, 2.24) is 20.0 Å². The Morgan fingerprint density at radius 3 is 2.92 bits per heavy atom. The molecule has 6 heteroatoms. The Labute approximate surface area is 138 Å². The van der Waals surface area contributed by atoms with Crippen LogP contribution in [0.15, 0.2) is 36.5 Å². The Balaban J connectivity index is 1.79. The summed E-state index contributed by atoms with van der Waals surface area (Å²) in [5, 5.41) is 8.27. The first kappa shape index (κ1) is 14.7. The van der Waals surface area contributed by atoms with E-state index in [0.717, 1.165) is 35.2 Å². The number of fused-ring (bicyclic) bond motifs is 1. The largest absolute Gasteiger partial charge is 0.294 e. The minimum absolute atomic E-state index is 0.195. The number of aryl methyl sites for hydroxylation is 1. The molecule has 0 saturated heterocycles. The fourth-order valence-corrected chi connectivity index (χ4v) is 3.15. The Morgan fingerprint density at radius 1 is 1.21 bits per heavy atom. The molecule has 0 aliphatic heterocycles. The molecular formula is C18H15FN4O. The molecular weight excluding hydrogens is 307 g/mol. The molecule has 3 aromatic rings. The molecule has 2 aromatic heterocycles. The normalized spacial score (nSPS) is 13.8. The topological polar surface area (TPSA) is 60.7 Å². The summed E-state index contributed by atoms with van der Waals surface area (Å²) < 4.78 is 15.3. The maximum Gasteiger partial charge on any atom is 0.238 e. The van der Waals surface area contributed by atoms with Crippen LogP contribution in [0.3, 0.4) is 0 Å². The van der Waals surface area contributed by atoms with Crippen LogP contribution < -0.4 is 0 Å². The van der Waals surface area contributed by atoms with Crippen molar-refractivity contribution < 1.29 is 9.18 Å². The van der Waals surface area contributed by atoms with Crippen LogP contribution in [0.5, 0.6) is 0 Å². The summed E-state index contributed by atoms with van der Waals surface area (Å²) in [6.45, 7) is 1.84. The second kappa shape index (κ2) is 5.63. The van der Waals surface area contributed by atoms with Gasteiger partial charge in [0.15, 0.2) is 5.78 Å². The van der Waals surface area contributed by atoms with Crippen LogP contribution in [-0.2, 0) is 6.42 Å². The quantitative estimate of drug-likeness (QED) is 0.679. The van der Waals surface area contributed by atoms with Crippen molar-refractivity contribution >= 4 is 5.78 Å². The van der Waals surface area contributed by atoms with Crippen molar-refractivity contribution in [3.63, 3.8) is 0 Å². The molecule has 24 heavy (non-hydrogen) atoms. The summed E-state index contributed by atoms with van der Waals surface area (Å²) in [5.41, 5.74) is 4.40. The molecule has 0 bridgehead atoms. The number of benzene rings is 1. The molecule has 0 spiro atoms. The van der Waals surface area contributed by atoms with Gasteiger partial charge in [0.2, 0.25) is 5.95 Å². The van der Waals surface area contributed by atoms with E-state index in [1.54, 1.807) is 12.1 Å². The average molecular weight is 322 g/mol. The van der Waals surface area contributed by atoms with Crippen molar-refractivity contribution in [3.05, 3.63) is 59.3 Å². The van der Waals surface area contributed by atoms with E-state index in [2.05, 4.69) is 15.3 Å². The number of hydrogen-bond donors (Lipinski definition) is 0. The van der Waals surface area contributed by atoms with Gasteiger partial charge in [-0.2, -0.15) is 4.39 Å². The number of carbonyl (C=O) groups is 1. The van der Waals surface area contributed by atoms with Gasteiger partial charge in [-0.1, -0.05) is 17.3 Å². The van der Waals surface area contributed by atoms with Gasteiger partial charge in [-0.15, -0.1) is 5.10 Å². The number of aromatic nitrogens is 4.